The quantitative estimate of drug-likeness (QED) is 0.795. The van der Waals surface area contributed by atoms with Crippen LogP contribution in [0.25, 0.3) is 0 Å². The first-order valence-electron chi connectivity index (χ1n) is 7.67. The van der Waals surface area contributed by atoms with Crippen LogP contribution in [-0.4, -0.2) is 26.3 Å². The monoisotopic (exact) mass is 239 g/mol. The smallest absolute Gasteiger partial charge is 0.0506 e. The molecule has 1 saturated carbocycles. The highest BCUT2D eigenvalue weighted by Crippen LogP contribution is 2.30. The first-order valence-corrected chi connectivity index (χ1v) is 7.67. The van der Waals surface area contributed by atoms with Crippen molar-refractivity contribution in [2.75, 3.05) is 26.3 Å². The Balaban J connectivity index is 1.53. The Morgan fingerprint density at radius 1 is 0.941 bits per heavy atom. The number of rotatable bonds is 5. The summed E-state index contributed by atoms with van der Waals surface area (Å²) in [5, 5.41) is 3.68. The van der Waals surface area contributed by atoms with Gasteiger partial charge in [0.1, 0.15) is 0 Å². The van der Waals surface area contributed by atoms with Crippen molar-refractivity contribution in [3.05, 3.63) is 0 Å². The van der Waals surface area contributed by atoms with E-state index in [1.54, 1.807) is 0 Å². The summed E-state index contributed by atoms with van der Waals surface area (Å²) in [6.07, 6.45) is 9.84. The van der Waals surface area contributed by atoms with Gasteiger partial charge in [-0.15, -0.1) is 0 Å². The molecule has 0 spiro atoms. The van der Waals surface area contributed by atoms with E-state index in [1.165, 1.54) is 58.0 Å². The second kappa shape index (κ2) is 7.38. The van der Waals surface area contributed by atoms with Gasteiger partial charge in [0.15, 0.2) is 0 Å². The van der Waals surface area contributed by atoms with Crippen LogP contribution in [0.4, 0.5) is 0 Å². The largest absolute Gasteiger partial charge is 0.381 e. The van der Waals surface area contributed by atoms with Crippen molar-refractivity contribution in [1.29, 1.82) is 0 Å². The predicted octanol–water partition coefficient (Wildman–Crippen LogP) is 3.22. The molecule has 0 aromatic rings. The van der Waals surface area contributed by atoms with Crippen LogP contribution in [0.5, 0.6) is 0 Å². The molecule has 1 aliphatic heterocycles. The second-order valence-electron chi connectivity index (χ2n) is 6.04. The average Bonchev–Trinajstić information content (AvgIpc) is 2.41. The van der Waals surface area contributed by atoms with Crippen molar-refractivity contribution in [1.82, 2.24) is 5.32 Å². The van der Waals surface area contributed by atoms with Gasteiger partial charge >= 0.3 is 0 Å². The molecule has 0 radical (unpaired) electrons. The molecule has 0 bridgehead atoms. The summed E-state index contributed by atoms with van der Waals surface area (Å²) in [7, 11) is 0. The molecule has 2 aliphatic rings. The number of hydrogen-bond donors (Lipinski definition) is 1. The second-order valence-corrected chi connectivity index (χ2v) is 6.04. The summed E-state index contributed by atoms with van der Waals surface area (Å²) < 4.78 is 5.51. The Morgan fingerprint density at radius 3 is 2.29 bits per heavy atom. The molecule has 1 N–H and O–H groups in total. The fourth-order valence-electron chi connectivity index (χ4n) is 3.30. The summed E-state index contributed by atoms with van der Waals surface area (Å²) >= 11 is 0. The van der Waals surface area contributed by atoms with E-state index in [1.807, 2.05) is 0 Å². The van der Waals surface area contributed by atoms with Crippen LogP contribution < -0.4 is 5.32 Å². The SMILES string of the molecule is CCC1CCC(CNCC2CCCOC2)CC1. The molecule has 1 saturated heterocycles. The predicted molar refractivity (Wildman–Crippen MR) is 72.2 cm³/mol. The summed E-state index contributed by atoms with van der Waals surface area (Å²) in [6.45, 7) is 6.72. The van der Waals surface area contributed by atoms with E-state index in [2.05, 4.69) is 12.2 Å². The molecule has 0 amide bonds. The maximum atomic E-state index is 5.51. The van der Waals surface area contributed by atoms with E-state index < -0.39 is 0 Å². The zero-order valence-corrected chi connectivity index (χ0v) is 11.4. The van der Waals surface area contributed by atoms with Gasteiger partial charge in [-0.1, -0.05) is 26.2 Å². The van der Waals surface area contributed by atoms with Gasteiger partial charge in [-0.25, -0.2) is 0 Å². The fraction of sp³-hybridized carbons (Fsp3) is 1.00. The van der Waals surface area contributed by atoms with Gasteiger partial charge < -0.3 is 10.1 Å². The Hall–Kier alpha value is -0.0800. The minimum atomic E-state index is 0.774. The zero-order chi connectivity index (χ0) is 11.9. The average molecular weight is 239 g/mol. The van der Waals surface area contributed by atoms with Crippen LogP contribution in [0.1, 0.15) is 51.9 Å². The molecule has 1 unspecified atom stereocenters. The molecule has 2 fully saturated rings. The highest BCUT2D eigenvalue weighted by atomic mass is 16.5. The third kappa shape index (κ3) is 4.59. The van der Waals surface area contributed by atoms with Crippen molar-refractivity contribution < 1.29 is 4.74 Å². The van der Waals surface area contributed by atoms with Gasteiger partial charge in [0.25, 0.3) is 0 Å². The summed E-state index contributed by atoms with van der Waals surface area (Å²) in [5.74, 6) is 2.75. The molecule has 2 heteroatoms. The highest BCUT2D eigenvalue weighted by molar-refractivity contribution is 4.74. The van der Waals surface area contributed by atoms with E-state index in [9.17, 15) is 0 Å². The van der Waals surface area contributed by atoms with Gasteiger partial charge in [-0.2, -0.15) is 0 Å². The summed E-state index contributed by atoms with van der Waals surface area (Å²) in [6, 6.07) is 0. The Labute approximate surface area is 107 Å². The Kier molecular flexibility index (Phi) is 5.79. The van der Waals surface area contributed by atoms with E-state index in [4.69, 9.17) is 4.74 Å². The van der Waals surface area contributed by atoms with Crippen LogP contribution >= 0.6 is 0 Å². The minimum absolute atomic E-state index is 0.774. The number of ether oxygens (including phenoxy) is 1. The normalized spacial score (nSPS) is 34.8. The lowest BCUT2D eigenvalue weighted by atomic mass is 9.81. The van der Waals surface area contributed by atoms with Crippen molar-refractivity contribution >= 4 is 0 Å². The third-order valence-corrected chi connectivity index (χ3v) is 4.66. The standard InChI is InChI=1S/C15H29NO/c1-2-13-5-7-14(8-6-13)10-16-11-15-4-3-9-17-12-15/h13-16H,2-12H2,1H3. The maximum Gasteiger partial charge on any atom is 0.0506 e. The van der Waals surface area contributed by atoms with Gasteiger partial charge in [0.2, 0.25) is 0 Å². The molecule has 0 aromatic heterocycles. The van der Waals surface area contributed by atoms with Crippen molar-refractivity contribution in [2.45, 2.75) is 51.9 Å². The molecule has 100 valence electrons. The van der Waals surface area contributed by atoms with Gasteiger partial charge in [-0.05, 0) is 50.0 Å². The first kappa shape index (κ1) is 13.4. The van der Waals surface area contributed by atoms with Gasteiger partial charge in [0, 0.05) is 13.2 Å². The number of hydrogen-bond acceptors (Lipinski definition) is 2. The van der Waals surface area contributed by atoms with E-state index in [0.29, 0.717) is 0 Å². The van der Waals surface area contributed by atoms with Crippen molar-refractivity contribution in [2.24, 2.45) is 17.8 Å². The molecular formula is C15H29NO. The molecule has 1 heterocycles. The molecule has 2 nitrogen and oxygen atoms in total. The lowest BCUT2D eigenvalue weighted by Crippen LogP contribution is -2.33. The molecule has 1 aliphatic carbocycles. The first-order chi connectivity index (χ1) is 8.38. The van der Waals surface area contributed by atoms with Crippen LogP contribution in [0, 0.1) is 17.8 Å². The van der Waals surface area contributed by atoms with Crippen LogP contribution in [0.15, 0.2) is 0 Å². The Bertz CT molecular complexity index is 193. The maximum absolute atomic E-state index is 5.51. The zero-order valence-electron chi connectivity index (χ0n) is 11.4. The van der Waals surface area contributed by atoms with E-state index >= 15 is 0 Å². The lowest BCUT2D eigenvalue weighted by molar-refractivity contribution is 0.0542. The Morgan fingerprint density at radius 2 is 1.65 bits per heavy atom. The van der Waals surface area contributed by atoms with E-state index in [-0.39, 0.29) is 0 Å². The molecule has 2 rings (SSSR count). The van der Waals surface area contributed by atoms with Gasteiger partial charge in [0.05, 0.1) is 6.61 Å². The van der Waals surface area contributed by atoms with E-state index in [0.717, 1.165) is 31.0 Å². The fourth-order valence-corrected chi connectivity index (χ4v) is 3.30. The lowest BCUT2D eigenvalue weighted by Gasteiger charge is -2.29. The van der Waals surface area contributed by atoms with Crippen LogP contribution in [0.3, 0.4) is 0 Å². The molecule has 17 heavy (non-hydrogen) atoms. The third-order valence-electron chi connectivity index (χ3n) is 4.66. The molecule has 1 atom stereocenters. The molecule has 0 aromatic carbocycles. The van der Waals surface area contributed by atoms with Crippen LogP contribution in [0.2, 0.25) is 0 Å². The van der Waals surface area contributed by atoms with Crippen molar-refractivity contribution in [3.63, 3.8) is 0 Å². The minimum Gasteiger partial charge on any atom is -0.381 e. The van der Waals surface area contributed by atoms with Crippen molar-refractivity contribution in [3.8, 4) is 0 Å². The highest BCUT2D eigenvalue weighted by Gasteiger charge is 2.20. The van der Waals surface area contributed by atoms with Crippen LogP contribution in [-0.2, 0) is 4.74 Å². The molecular weight excluding hydrogens is 210 g/mol. The van der Waals surface area contributed by atoms with Gasteiger partial charge in [-0.3, -0.25) is 0 Å². The summed E-state index contributed by atoms with van der Waals surface area (Å²) in [4.78, 5) is 0. The summed E-state index contributed by atoms with van der Waals surface area (Å²) in [5.41, 5.74) is 0. The topological polar surface area (TPSA) is 21.3 Å². The number of nitrogens with one attached hydrogen (secondary N) is 1.